The number of amides is 4. The first-order valence-electron chi connectivity index (χ1n) is 20.8. The zero-order valence-electron chi connectivity index (χ0n) is 36.3. The second-order valence-corrected chi connectivity index (χ2v) is 19.4. The molecule has 4 atom stereocenters. The van der Waals surface area contributed by atoms with E-state index in [0.717, 1.165) is 54.0 Å². The summed E-state index contributed by atoms with van der Waals surface area (Å²) in [6, 6.07) is 12.7. The molecular weight excluding hydrogens is 862 g/mol. The summed E-state index contributed by atoms with van der Waals surface area (Å²) >= 11 is 9.43. The maximum atomic E-state index is 14.1. The number of ether oxygens (including phenoxy) is 1. The Morgan fingerprint density at radius 2 is 1.68 bits per heavy atom. The maximum Gasteiger partial charge on any atom is 0.246 e. The normalized spacial score (nSPS) is 17.6. The van der Waals surface area contributed by atoms with Crippen LogP contribution in [-0.2, 0) is 30.5 Å². The summed E-state index contributed by atoms with van der Waals surface area (Å²) in [6.07, 6.45) is -0.833. The molecule has 0 bridgehead atoms. The lowest BCUT2D eigenvalue weighted by molar-refractivity contribution is -0.144. The van der Waals surface area contributed by atoms with Crippen LogP contribution in [0.2, 0.25) is 5.02 Å². The van der Waals surface area contributed by atoms with Crippen LogP contribution < -0.4 is 16.0 Å². The number of rotatable bonds is 14. The Balaban J connectivity index is 0.920. The van der Waals surface area contributed by atoms with Gasteiger partial charge in [0.1, 0.15) is 35.6 Å². The van der Waals surface area contributed by atoms with E-state index in [9.17, 15) is 24.3 Å². The second kappa shape index (κ2) is 19.2. The molecule has 1 fully saturated rings. The molecule has 2 aliphatic heterocycles. The molecule has 2 aromatic carbocycles. The Hall–Kier alpha value is -5.33. The molecule has 2 aliphatic rings. The lowest BCUT2D eigenvalue weighted by atomic mass is 9.85. The molecule has 15 nitrogen and oxygen atoms in total. The van der Waals surface area contributed by atoms with E-state index >= 15 is 0 Å². The van der Waals surface area contributed by atoms with Gasteiger partial charge in [-0.3, -0.25) is 28.7 Å². The average Bonchev–Trinajstić information content (AvgIpc) is 4.01. The van der Waals surface area contributed by atoms with Crippen molar-refractivity contribution in [1.29, 1.82) is 0 Å². The summed E-state index contributed by atoms with van der Waals surface area (Å²) in [5.74, 6) is -0.449. The van der Waals surface area contributed by atoms with Crippen molar-refractivity contribution < 1.29 is 29.0 Å². The number of aliphatic imine (C=N–C) groups is 1. The number of hydrogen-bond acceptors (Lipinski definition) is 12. The number of thiophene rings is 1. The van der Waals surface area contributed by atoms with Crippen LogP contribution in [0.15, 0.2) is 59.0 Å². The average molecular weight is 915 g/mol. The molecule has 0 aliphatic carbocycles. The Morgan fingerprint density at radius 3 is 2.37 bits per heavy atom. The summed E-state index contributed by atoms with van der Waals surface area (Å²) in [7, 11) is 0. The molecule has 0 spiro atoms. The SMILES string of the molecule is Cc1ncsc1-c1ccc(CNC(=O)[C@@H]2C[C@@H](O)CN2C(=O)[C@@H](NC(=O)COCCNC(=O)C[C@@H]2N=C(c3ccc(Cl)cc3)c3c(sc(C)c3C)-n3c(C)nnc32)C(C)(C)C)cc1. The van der Waals surface area contributed by atoms with Crippen LogP contribution in [0.4, 0.5) is 0 Å². The molecule has 4 N–H and O–H groups in total. The number of hydrogen-bond donors (Lipinski definition) is 4. The Morgan fingerprint density at radius 1 is 0.968 bits per heavy atom. The van der Waals surface area contributed by atoms with Gasteiger partial charge in [-0.1, -0.05) is 68.8 Å². The first-order chi connectivity index (χ1) is 30.0. The standard InChI is InChI=1S/C45H52ClN9O6S2/c1-24-26(3)63-44-37(24)38(29-12-14-31(46)15-13-29)50-33(41-53-52-27(4)55(41)44)19-35(57)47-16-17-61-22-36(58)51-40(45(5,6)7)43(60)54-21-32(56)18-34(54)42(59)48-20-28-8-10-30(11-9-28)39-25(2)49-23-62-39/h8-15,23,32-34,40,56H,16-22H2,1-7H3,(H,47,57)(H,48,59)(H,51,58)/t32-,33+,34+,40-/m1/s1. The van der Waals surface area contributed by atoms with Gasteiger partial charge in [-0.25, -0.2) is 4.98 Å². The van der Waals surface area contributed by atoms with Crippen molar-refractivity contribution in [3.05, 3.63) is 104 Å². The van der Waals surface area contributed by atoms with Gasteiger partial charge in [0.25, 0.3) is 0 Å². The number of β-amino-alcohol motifs (C(OH)–C–C–N with tert-alkyl or cyclic N) is 1. The number of fused-ring (bicyclic) bond motifs is 3. The molecule has 7 rings (SSSR count). The van der Waals surface area contributed by atoms with Crippen LogP contribution in [0, 0.1) is 33.1 Å². The molecule has 332 valence electrons. The van der Waals surface area contributed by atoms with Gasteiger partial charge in [-0.2, -0.15) is 0 Å². The number of nitrogens with zero attached hydrogens (tertiary/aromatic N) is 6. The van der Waals surface area contributed by atoms with Crippen molar-refractivity contribution in [1.82, 2.24) is 40.6 Å². The van der Waals surface area contributed by atoms with E-state index in [1.807, 2.05) is 93.2 Å². The smallest absolute Gasteiger partial charge is 0.246 e. The van der Waals surface area contributed by atoms with Gasteiger partial charge < -0.3 is 30.7 Å². The number of carbonyl (C=O) groups excluding carboxylic acids is 4. The third-order valence-electron chi connectivity index (χ3n) is 11.2. The fourth-order valence-electron chi connectivity index (χ4n) is 7.79. The van der Waals surface area contributed by atoms with Crippen LogP contribution in [0.25, 0.3) is 15.4 Å². The number of likely N-dealkylation sites (tertiary alicyclic amines) is 1. The molecule has 0 saturated carbocycles. The Labute approximate surface area is 379 Å². The summed E-state index contributed by atoms with van der Waals surface area (Å²) < 4.78 is 7.62. The first-order valence-corrected chi connectivity index (χ1v) is 22.8. The van der Waals surface area contributed by atoms with Crippen LogP contribution in [0.5, 0.6) is 0 Å². The number of benzene rings is 2. The van der Waals surface area contributed by atoms with E-state index in [1.165, 1.54) is 4.90 Å². The van der Waals surface area contributed by atoms with Crippen molar-refractivity contribution in [2.24, 2.45) is 10.4 Å². The van der Waals surface area contributed by atoms with Gasteiger partial charge in [-0.05, 0) is 61.9 Å². The fourth-order valence-corrected chi connectivity index (χ4v) is 9.94. The summed E-state index contributed by atoms with van der Waals surface area (Å²) in [5, 5.41) is 29.5. The molecule has 1 saturated heterocycles. The van der Waals surface area contributed by atoms with Crippen LogP contribution in [0.1, 0.15) is 84.1 Å². The highest BCUT2D eigenvalue weighted by atomic mass is 35.5. The molecule has 3 aromatic heterocycles. The van der Waals surface area contributed by atoms with Crippen molar-refractivity contribution in [2.75, 3.05) is 26.3 Å². The number of halogens is 1. The third kappa shape index (κ3) is 10.2. The molecular formula is C45H52ClN9O6S2. The number of nitrogens with one attached hydrogen (secondary N) is 3. The summed E-state index contributed by atoms with van der Waals surface area (Å²) in [6.45, 7) is 13.4. The molecule has 4 amide bonds. The second-order valence-electron chi connectivity index (χ2n) is 17.0. The quantitative estimate of drug-likeness (QED) is 0.103. The molecule has 5 heterocycles. The fraction of sp³-hybridized carbons (Fsp3) is 0.422. The van der Waals surface area contributed by atoms with Crippen molar-refractivity contribution in [3.8, 4) is 15.4 Å². The topological polar surface area (TPSA) is 193 Å². The molecule has 18 heteroatoms. The van der Waals surface area contributed by atoms with Gasteiger partial charge in [-0.15, -0.1) is 32.9 Å². The van der Waals surface area contributed by atoms with E-state index in [0.29, 0.717) is 16.7 Å². The first kappa shape index (κ1) is 45.7. The Bertz CT molecular complexity index is 2530. The highest BCUT2D eigenvalue weighted by molar-refractivity contribution is 7.15. The minimum Gasteiger partial charge on any atom is -0.391 e. The summed E-state index contributed by atoms with van der Waals surface area (Å²) in [5.41, 5.74) is 7.61. The van der Waals surface area contributed by atoms with Crippen molar-refractivity contribution in [3.63, 3.8) is 0 Å². The predicted molar refractivity (Wildman–Crippen MR) is 243 cm³/mol. The van der Waals surface area contributed by atoms with Crippen LogP contribution >= 0.6 is 34.3 Å². The summed E-state index contributed by atoms with van der Waals surface area (Å²) in [4.78, 5) is 67.2. The molecule has 5 aromatic rings. The van der Waals surface area contributed by atoms with Gasteiger partial charge in [0.05, 0.1) is 40.9 Å². The lowest BCUT2D eigenvalue weighted by Crippen LogP contribution is -2.58. The van der Waals surface area contributed by atoms with Gasteiger partial charge in [0.15, 0.2) is 5.82 Å². The number of aryl methyl sites for hydroxylation is 3. The zero-order valence-corrected chi connectivity index (χ0v) is 38.7. The third-order valence-corrected chi connectivity index (χ3v) is 13.7. The minimum atomic E-state index is -1.02. The highest BCUT2D eigenvalue weighted by Crippen LogP contribution is 2.40. The number of aromatic nitrogens is 4. The Kier molecular flexibility index (Phi) is 13.9. The van der Waals surface area contributed by atoms with E-state index in [1.54, 1.807) is 22.7 Å². The maximum absolute atomic E-state index is 14.1. The van der Waals surface area contributed by atoms with Crippen LogP contribution in [-0.4, -0.2) is 104 Å². The zero-order chi connectivity index (χ0) is 45.2. The number of carbonyl (C=O) groups is 4. The van der Waals surface area contributed by atoms with E-state index < -0.39 is 47.4 Å². The highest BCUT2D eigenvalue weighted by Gasteiger charge is 2.44. The number of thiazole rings is 1. The molecule has 63 heavy (non-hydrogen) atoms. The minimum absolute atomic E-state index is 0.0107. The molecule has 0 unspecified atom stereocenters. The predicted octanol–water partition coefficient (Wildman–Crippen LogP) is 5.56. The van der Waals surface area contributed by atoms with Crippen LogP contribution in [0.3, 0.4) is 0 Å². The molecule has 0 radical (unpaired) electrons. The van der Waals surface area contributed by atoms with E-state index in [4.69, 9.17) is 21.3 Å². The van der Waals surface area contributed by atoms with Crippen molar-refractivity contribution >= 4 is 63.6 Å². The van der Waals surface area contributed by atoms with Crippen molar-refractivity contribution in [2.45, 2.75) is 92.1 Å². The van der Waals surface area contributed by atoms with Gasteiger partial charge in [0.2, 0.25) is 23.6 Å². The number of aliphatic hydroxyl groups is 1. The van der Waals surface area contributed by atoms with E-state index in [-0.39, 0.29) is 51.6 Å². The number of aliphatic hydroxyl groups excluding tert-OH is 1. The van der Waals surface area contributed by atoms with E-state index in [2.05, 4.69) is 45.0 Å². The monoisotopic (exact) mass is 913 g/mol. The van der Waals surface area contributed by atoms with Gasteiger partial charge >= 0.3 is 0 Å². The largest absolute Gasteiger partial charge is 0.391 e. The lowest BCUT2D eigenvalue weighted by Gasteiger charge is -2.35. The van der Waals surface area contributed by atoms with Gasteiger partial charge in [0, 0.05) is 47.1 Å².